The molecule has 1 heterocycles. The Kier molecular flexibility index (Phi) is 6.31. The number of esters is 1. The van der Waals surface area contributed by atoms with Gasteiger partial charge in [-0.25, -0.2) is 9.78 Å². The van der Waals surface area contributed by atoms with Gasteiger partial charge in [0.1, 0.15) is 6.26 Å². The van der Waals surface area contributed by atoms with E-state index >= 15 is 0 Å². The molecule has 0 saturated carbocycles. The molecule has 2 rings (SSSR count). The van der Waals surface area contributed by atoms with E-state index in [-0.39, 0.29) is 18.1 Å². The molecule has 0 radical (unpaired) electrons. The van der Waals surface area contributed by atoms with Crippen LogP contribution in [0.25, 0.3) is 6.08 Å². The molecule has 1 aromatic carbocycles. The van der Waals surface area contributed by atoms with Gasteiger partial charge < -0.3 is 14.1 Å². The number of methoxy groups -OCH3 is 1. The average Bonchev–Trinajstić information content (AvgIpc) is 3.08. The number of oxazole rings is 1. The molecule has 0 fully saturated rings. The van der Waals surface area contributed by atoms with Crippen LogP contribution in [0.15, 0.2) is 47.1 Å². The van der Waals surface area contributed by atoms with Crippen LogP contribution in [0.4, 0.5) is 0 Å². The summed E-state index contributed by atoms with van der Waals surface area (Å²) >= 11 is 0. The highest BCUT2D eigenvalue weighted by Crippen LogP contribution is 2.09. The maximum Gasteiger partial charge on any atom is 0.360 e. The summed E-state index contributed by atoms with van der Waals surface area (Å²) in [6.07, 6.45) is 5.32. The third-order valence-corrected chi connectivity index (χ3v) is 3.30. The molecule has 126 valence electrons. The highest BCUT2D eigenvalue weighted by atomic mass is 16.5. The molecule has 0 aliphatic rings. The Morgan fingerprint density at radius 2 is 2.04 bits per heavy atom. The summed E-state index contributed by atoms with van der Waals surface area (Å²) in [6.45, 7) is 2.74. The number of carbonyl (C=O) groups is 2. The normalized spacial score (nSPS) is 10.8. The number of amides is 1. The van der Waals surface area contributed by atoms with Gasteiger partial charge in [-0.3, -0.25) is 4.79 Å². The summed E-state index contributed by atoms with van der Waals surface area (Å²) in [6, 6.07) is 9.59. The quantitative estimate of drug-likeness (QED) is 0.577. The van der Waals surface area contributed by atoms with Crippen molar-refractivity contribution in [2.45, 2.75) is 19.9 Å². The first kappa shape index (κ1) is 17.5. The van der Waals surface area contributed by atoms with E-state index in [0.717, 1.165) is 12.0 Å². The highest BCUT2D eigenvalue weighted by Gasteiger charge is 2.17. The topological polar surface area (TPSA) is 72.6 Å². The fourth-order valence-corrected chi connectivity index (χ4v) is 2.12. The predicted molar refractivity (Wildman–Crippen MR) is 89.0 cm³/mol. The SMILES string of the molecule is CCCN(Cc1nc(C(=O)OC)co1)C(=O)C=Cc1ccccc1. The van der Waals surface area contributed by atoms with E-state index in [1.165, 1.54) is 19.4 Å². The summed E-state index contributed by atoms with van der Waals surface area (Å²) < 4.78 is 9.83. The lowest BCUT2D eigenvalue weighted by molar-refractivity contribution is -0.126. The van der Waals surface area contributed by atoms with Crippen LogP contribution >= 0.6 is 0 Å². The third kappa shape index (κ3) is 4.81. The molecule has 0 aliphatic carbocycles. The Bertz CT molecular complexity index is 707. The molecule has 24 heavy (non-hydrogen) atoms. The number of rotatable bonds is 7. The largest absolute Gasteiger partial charge is 0.464 e. The fourth-order valence-electron chi connectivity index (χ4n) is 2.12. The molecular weight excluding hydrogens is 308 g/mol. The second kappa shape index (κ2) is 8.67. The Morgan fingerprint density at radius 3 is 2.71 bits per heavy atom. The van der Waals surface area contributed by atoms with Gasteiger partial charge in [0.25, 0.3) is 0 Å². The van der Waals surface area contributed by atoms with Crippen LogP contribution < -0.4 is 0 Å². The number of carbonyl (C=O) groups excluding carboxylic acids is 2. The molecule has 0 aliphatic heterocycles. The van der Waals surface area contributed by atoms with Gasteiger partial charge in [-0.1, -0.05) is 37.3 Å². The summed E-state index contributed by atoms with van der Waals surface area (Å²) in [7, 11) is 1.28. The Morgan fingerprint density at radius 1 is 1.29 bits per heavy atom. The number of hydrogen-bond acceptors (Lipinski definition) is 5. The first-order valence-corrected chi connectivity index (χ1v) is 7.68. The van der Waals surface area contributed by atoms with E-state index in [0.29, 0.717) is 12.4 Å². The Hall–Kier alpha value is -2.89. The summed E-state index contributed by atoms with van der Waals surface area (Å²) in [5.74, 6) is -0.411. The first-order chi connectivity index (χ1) is 11.6. The van der Waals surface area contributed by atoms with Gasteiger partial charge in [-0.15, -0.1) is 0 Å². The van der Waals surface area contributed by atoms with Crippen LogP contribution in [-0.2, 0) is 16.1 Å². The maximum absolute atomic E-state index is 12.4. The molecule has 0 spiro atoms. The number of ether oxygens (including phenoxy) is 1. The zero-order valence-electron chi connectivity index (χ0n) is 13.8. The van der Waals surface area contributed by atoms with Crippen molar-refractivity contribution in [1.29, 1.82) is 0 Å². The van der Waals surface area contributed by atoms with E-state index in [4.69, 9.17) is 4.42 Å². The molecule has 1 aromatic heterocycles. The molecular formula is C18H20N2O4. The standard InChI is InChI=1S/C18H20N2O4/c1-3-11-20(12-16-19-15(13-24-16)18(22)23-2)17(21)10-9-14-7-5-4-6-8-14/h4-10,13H,3,11-12H2,1-2H3. The monoisotopic (exact) mass is 328 g/mol. The lowest BCUT2D eigenvalue weighted by Gasteiger charge is -2.18. The molecule has 0 unspecified atom stereocenters. The van der Waals surface area contributed by atoms with E-state index in [2.05, 4.69) is 9.72 Å². The van der Waals surface area contributed by atoms with Crippen LogP contribution in [0.5, 0.6) is 0 Å². The van der Waals surface area contributed by atoms with Gasteiger partial charge in [0.15, 0.2) is 5.69 Å². The minimum Gasteiger partial charge on any atom is -0.464 e. The van der Waals surface area contributed by atoms with E-state index in [1.807, 2.05) is 37.3 Å². The average molecular weight is 328 g/mol. The summed E-state index contributed by atoms with van der Waals surface area (Å²) in [4.78, 5) is 29.4. The maximum atomic E-state index is 12.4. The van der Waals surface area contributed by atoms with Gasteiger partial charge in [0.2, 0.25) is 11.8 Å². The van der Waals surface area contributed by atoms with Gasteiger partial charge in [0.05, 0.1) is 13.7 Å². The van der Waals surface area contributed by atoms with Crippen molar-refractivity contribution < 1.29 is 18.7 Å². The van der Waals surface area contributed by atoms with Gasteiger partial charge in [-0.2, -0.15) is 0 Å². The van der Waals surface area contributed by atoms with Crippen molar-refractivity contribution in [3.63, 3.8) is 0 Å². The van der Waals surface area contributed by atoms with Crippen LogP contribution in [0, 0.1) is 0 Å². The Balaban J connectivity index is 2.05. The zero-order chi connectivity index (χ0) is 17.4. The molecule has 0 atom stereocenters. The van der Waals surface area contributed by atoms with E-state index in [9.17, 15) is 9.59 Å². The first-order valence-electron chi connectivity index (χ1n) is 7.68. The van der Waals surface area contributed by atoms with Crippen molar-refractivity contribution in [3.8, 4) is 0 Å². The second-order valence-corrected chi connectivity index (χ2v) is 5.12. The molecule has 6 heteroatoms. The van der Waals surface area contributed by atoms with Crippen LogP contribution in [0.1, 0.15) is 35.3 Å². The molecule has 1 amide bonds. The minimum absolute atomic E-state index is 0.0937. The molecule has 0 saturated heterocycles. The van der Waals surface area contributed by atoms with Crippen molar-refractivity contribution in [2.75, 3.05) is 13.7 Å². The number of benzene rings is 1. The smallest absolute Gasteiger partial charge is 0.360 e. The number of hydrogen-bond donors (Lipinski definition) is 0. The number of aromatic nitrogens is 1. The van der Waals surface area contributed by atoms with Crippen LogP contribution in [0.3, 0.4) is 0 Å². The summed E-state index contributed by atoms with van der Waals surface area (Å²) in [5, 5.41) is 0. The molecule has 2 aromatic rings. The third-order valence-electron chi connectivity index (χ3n) is 3.30. The Labute approximate surface area is 140 Å². The number of nitrogens with zero attached hydrogens (tertiary/aromatic N) is 2. The van der Waals surface area contributed by atoms with Crippen molar-refractivity contribution in [2.24, 2.45) is 0 Å². The highest BCUT2D eigenvalue weighted by molar-refractivity contribution is 5.91. The van der Waals surface area contributed by atoms with Crippen LogP contribution in [-0.4, -0.2) is 35.4 Å². The molecule has 0 N–H and O–H groups in total. The van der Waals surface area contributed by atoms with Crippen LogP contribution in [0.2, 0.25) is 0 Å². The van der Waals surface area contributed by atoms with E-state index < -0.39 is 5.97 Å². The van der Waals surface area contributed by atoms with Gasteiger partial charge in [0, 0.05) is 12.6 Å². The van der Waals surface area contributed by atoms with E-state index in [1.54, 1.807) is 11.0 Å². The van der Waals surface area contributed by atoms with Crippen molar-refractivity contribution >= 4 is 18.0 Å². The van der Waals surface area contributed by atoms with Crippen molar-refractivity contribution in [3.05, 3.63) is 59.8 Å². The predicted octanol–water partition coefficient (Wildman–Crippen LogP) is 2.91. The van der Waals surface area contributed by atoms with Crippen molar-refractivity contribution in [1.82, 2.24) is 9.88 Å². The van der Waals surface area contributed by atoms with Gasteiger partial charge in [-0.05, 0) is 18.1 Å². The zero-order valence-corrected chi connectivity index (χ0v) is 13.8. The summed E-state index contributed by atoms with van der Waals surface area (Å²) in [5.41, 5.74) is 1.04. The lowest BCUT2D eigenvalue weighted by atomic mass is 10.2. The fraction of sp³-hybridized carbons (Fsp3) is 0.278. The molecule has 6 nitrogen and oxygen atoms in total. The lowest BCUT2D eigenvalue weighted by Crippen LogP contribution is -2.29. The minimum atomic E-state index is -0.567. The van der Waals surface area contributed by atoms with Gasteiger partial charge >= 0.3 is 5.97 Å². The second-order valence-electron chi connectivity index (χ2n) is 5.12. The molecule has 0 bridgehead atoms.